The van der Waals surface area contributed by atoms with Crippen LogP contribution in [0.5, 0.6) is 17.2 Å². The predicted molar refractivity (Wildman–Crippen MR) is 133 cm³/mol. The van der Waals surface area contributed by atoms with Crippen molar-refractivity contribution in [2.45, 2.75) is 25.9 Å². The van der Waals surface area contributed by atoms with E-state index in [4.69, 9.17) is 18.9 Å². The maximum Gasteiger partial charge on any atom is 0.339 e. The van der Waals surface area contributed by atoms with Crippen LogP contribution in [0.15, 0.2) is 60.7 Å². The summed E-state index contributed by atoms with van der Waals surface area (Å²) in [6.45, 7) is 4.29. The molecule has 0 aliphatic carbocycles. The van der Waals surface area contributed by atoms with Crippen LogP contribution in [0.1, 0.15) is 34.0 Å². The molecule has 182 valence electrons. The van der Waals surface area contributed by atoms with Gasteiger partial charge < -0.3 is 23.8 Å². The number of esters is 1. The molecule has 7 heteroatoms. The van der Waals surface area contributed by atoms with Gasteiger partial charge in [-0.25, -0.2) is 4.79 Å². The Morgan fingerprint density at radius 3 is 2.14 bits per heavy atom. The van der Waals surface area contributed by atoms with Gasteiger partial charge >= 0.3 is 5.97 Å². The van der Waals surface area contributed by atoms with E-state index >= 15 is 0 Å². The first-order valence-corrected chi connectivity index (χ1v) is 11.4. The number of rotatable bonds is 8. The third-order valence-corrected chi connectivity index (χ3v) is 6.24. The fraction of sp³-hybridized carbons (Fsp3) is 0.286. The molecule has 35 heavy (non-hydrogen) atoms. The van der Waals surface area contributed by atoms with Crippen LogP contribution in [0.3, 0.4) is 0 Å². The third-order valence-electron chi connectivity index (χ3n) is 6.24. The Morgan fingerprint density at radius 1 is 0.914 bits per heavy atom. The van der Waals surface area contributed by atoms with E-state index in [1.165, 1.54) is 21.3 Å². The van der Waals surface area contributed by atoms with Gasteiger partial charge in [-0.1, -0.05) is 29.8 Å². The van der Waals surface area contributed by atoms with Crippen molar-refractivity contribution in [3.8, 4) is 17.2 Å². The van der Waals surface area contributed by atoms with E-state index in [0.717, 1.165) is 11.3 Å². The van der Waals surface area contributed by atoms with Gasteiger partial charge in [0.1, 0.15) is 0 Å². The molecule has 7 nitrogen and oxygen atoms in total. The van der Waals surface area contributed by atoms with Crippen LogP contribution in [0.25, 0.3) is 0 Å². The minimum Gasteiger partial charge on any atom is -0.493 e. The first-order valence-electron chi connectivity index (χ1n) is 11.4. The number of ether oxygens (including phenoxy) is 4. The first kappa shape index (κ1) is 24.1. The van der Waals surface area contributed by atoms with Crippen molar-refractivity contribution in [1.29, 1.82) is 0 Å². The second-order valence-corrected chi connectivity index (χ2v) is 8.36. The fourth-order valence-electron chi connectivity index (χ4n) is 4.59. The van der Waals surface area contributed by atoms with E-state index in [-0.39, 0.29) is 12.3 Å². The number of amides is 1. The van der Waals surface area contributed by atoms with Gasteiger partial charge in [-0.05, 0) is 55.8 Å². The number of likely N-dealkylation sites (N-methyl/N-ethyl adjacent to an activating group) is 1. The number of hydrogen-bond donors (Lipinski definition) is 0. The van der Waals surface area contributed by atoms with Gasteiger partial charge in [-0.2, -0.15) is 0 Å². The molecule has 1 aliphatic heterocycles. The number of methoxy groups -OCH3 is 3. The number of carbonyl (C=O) groups excluding carboxylic acids is 2. The monoisotopic (exact) mass is 475 g/mol. The average Bonchev–Trinajstić information content (AvgIpc) is 3.10. The summed E-state index contributed by atoms with van der Waals surface area (Å²) >= 11 is 0. The van der Waals surface area contributed by atoms with Gasteiger partial charge in [0.2, 0.25) is 11.4 Å². The van der Waals surface area contributed by atoms with Crippen molar-refractivity contribution in [2.24, 2.45) is 0 Å². The predicted octanol–water partition coefficient (Wildman–Crippen LogP) is 4.68. The molecule has 0 aromatic heterocycles. The Kier molecular flexibility index (Phi) is 6.69. The molecular formula is C28H29NO6. The smallest absolute Gasteiger partial charge is 0.339 e. The lowest BCUT2D eigenvalue weighted by Gasteiger charge is -2.29. The molecule has 0 fully saturated rings. The van der Waals surface area contributed by atoms with E-state index in [9.17, 15) is 9.59 Å². The minimum atomic E-state index is -1.56. The maximum absolute atomic E-state index is 14.0. The van der Waals surface area contributed by atoms with Gasteiger partial charge in [-0.15, -0.1) is 0 Å². The van der Waals surface area contributed by atoms with Crippen LogP contribution < -0.4 is 19.1 Å². The molecule has 3 aromatic rings. The molecule has 1 unspecified atom stereocenters. The number of nitrogens with zero attached hydrogens (tertiary/aromatic N) is 1. The maximum atomic E-state index is 14.0. The molecule has 0 bridgehead atoms. The summed E-state index contributed by atoms with van der Waals surface area (Å²) in [5.74, 6) is 0.482. The van der Waals surface area contributed by atoms with Crippen molar-refractivity contribution < 1.29 is 28.5 Å². The molecule has 1 heterocycles. The van der Waals surface area contributed by atoms with Gasteiger partial charge in [0.25, 0.3) is 5.91 Å². The molecule has 1 aliphatic rings. The Labute approximate surface area is 205 Å². The highest BCUT2D eigenvalue weighted by molar-refractivity contribution is 6.09. The number of carbonyl (C=O) groups is 2. The quantitative estimate of drug-likeness (QED) is 0.441. The second-order valence-electron chi connectivity index (χ2n) is 8.36. The summed E-state index contributed by atoms with van der Waals surface area (Å²) in [5, 5.41) is 0. The number of hydrogen-bond acceptors (Lipinski definition) is 6. The highest BCUT2D eigenvalue weighted by Crippen LogP contribution is 2.47. The SMILES string of the molecule is CCN1C(=O)C(Cc2cc(OC)c(OC)c(OC)c2)(OC(=O)c2ccccc2)c2cc(C)ccc21. The van der Waals surface area contributed by atoms with Crippen molar-refractivity contribution >= 4 is 17.6 Å². The summed E-state index contributed by atoms with van der Waals surface area (Å²) in [4.78, 5) is 29.0. The Morgan fingerprint density at radius 2 is 1.57 bits per heavy atom. The average molecular weight is 476 g/mol. The van der Waals surface area contributed by atoms with E-state index in [1.54, 1.807) is 41.3 Å². The highest BCUT2D eigenvalue weighted by Gasteiger charge is 2.54. The van der Waals surface area contributed by atoms with Crippen LogP contribution in [0.4, 0.5) is 5.69 Å². The second kappa shape index (κ2) is 9.70. The molecule has 3 aromatic carbocycles. The standard InChI is InChI=1S/C28H29NO6/c1-6-29-22-13-12-18(2)14-21(22)28(27(29)31,35-26(30)20-10-8-7-9-11-20)17-19-15-23(32-3)25(34-5)24(16-19)33-4/h7-16H,6,17H2,1-5H3. The number of fused-ring (bicyclic) bond motifs is 1. The van der Waals surface area contributed by atoms with Crippen LogP contribution in [0, 0.1) is 6.92 Å². The van der Waals surface area contributed by atoms with Crippen molar-refractivity contribution in [3.63, 3.8) is 0 Å². The summed E-state index contributed by atoms with van der Waals surface area (Å²) in [5.41, 5.74) is 1.85. The molecule has 0 spiro atoms. The first-order chi connectivity index (χ1) is 16.9. The zero-order valence-electron chi connectivity index (χ0n) is 20.6. The van der Waals surface area contributed by atoms with Gasteiger partial charge in [-0.3, -0.25) is 4.79 Å². The zero-order chi connectivity index (χ0) is 25.2. The largest absolute Gasteiger partial charge is 0.493 e. The van der Waals surface area contributed by atoms with Crippen molar-refractivity contribution in [3.05, 3.63) is 82.9 Å². The van der Waals surface area contributed by atoms with Crippen LogP contribution >= 0.6 is 0 Å². The van der Waals surface area contributed by atoms with E-state index in [0.29, 0.717) is 40.5 Å². The normalized spacial score (nSPS) is 16.6. The van der Waals surface area contributed by atoms with E-state index in [2.05, 4.69) is 0 Å². The molecule has 1 amide bonds. The summed E-state index contributed by atoms with van der Waals surface area (Å²) in [7, 11) is 4.59. The van der Waals surface area contributed by atoms with Crippen LogP contribution in [-0.2, 0) is 21.6 Å². The van der Waals surface area contributed by atoms with Crippen LogP contribution in [0.2, 0.25) is 0 Å². The molecule has 0 radical (unpaired) electrons. The molecule has 0 saturated heterocycles. The Bertz CT molecular complexity index is 1230. The summed E-state index contributed by atoms with van der Waals surface area (Å²) in [6.07, 6.45) is 0.0913. The Hall–Kier alpha value is -4.00. The Balaban J connectivity index is 1.90. The van der Waals surface area contributed by atoms with Crippen molar-refractivity contribution in [2.75, 3.05) is 32.8 Å². The van der Waals surface area contributed by atoms with Gasteiger partial charge in [0, 0.05) is 18.5 Å². The summed E-state index contributed by atoms with van der Waals surface area (Å²) < 4.78 is 22.7. The lowest BCUT2D eigenvalue weighted by molar-refractivity contribution is -0.137. The third kappa shape index (κ3) is 4.18. The van der Waals surface area contributed by atoms with Gasteiger partial charge in [0.05, 0.1) is 32.6 Å². The fourth-order valence-corrected chi connectivity index (χ4v) is 4.59. The highest BCUT2D eigenvalue weighted by atomic mass is 16.6. The molecule has 1 atom stereocenters. The number of benzene rings is 3. The lowest BCUT2D eigenvalue weighted by Crippen LogP contribution is -2.45. The molecule has 0 saturated carbocycles. The minimum absolute atomic E-state index is 0.0913. The zero-order valence-corrected chi connectivity index (χ0v) is 20.6. The molecule has 4 rings (SSSR count). The molecule has 0 N–H and O–H groups in total. The topological polar surface area (TPSA) is 74.3 Å². The van der Waals surface area contributed by atoms with Crippen molar-refractivity contribution in [1.82, 2.24) is 0 Å². The summed E-state index contributed by atoms with van der Waals surface area (Å²) in [6, 6.07) is 18.0. The van der Waals surface area contributed by atoms with Crippen LogP contribution in [-0.4, -0.2) is 39.8 Å². The van der Waals surface area contributed by atoms with E-state index in [1.807, 2.05) is 38.1 Å². The molecular weight excluding hydrogens is 446 g/mol. The number of anilines is 1. The van der Waals surface area contributed by atoms with Gasteiger partial charge in [0.15, 0.2) is 11.5 Å². The van der Waals surface area contributed by atoms with E-state index < -0.39 is 11.6 Å². The number of aryl methyl sites for hydroxylation is 1. The lowest BCUT2D eigenvalue weighted by atomic mass is 9.86.